The van der Waals surface area contributed by atoms with Crippen molar-refractivity contribution in [2.24, 2.45) is 0 Å². The largest absolute Gasteiger partial charge is 0.397 e. The van der Waals surface area contributed by atoms with Crippen LogP contribution in [0, 0.1) is 12.3 Å². The molecule has 0 heterocycles. The summed E-state index contributed by atoms with van der Waals surface area (Å²) < 4.78 is 0. The Hall–Kier alpha value is -1.19. The first kappa shape index (κ1) is 13.8. The molecule has 0 aliphatic carbocycles. The van der Waals surface area contributed by atoms with Gasteiger partial charge in [0.1, 0.15) is 0 Å². The Morgan fingerprint density at radius 2 is 1.80 bits per heavy atom. The second kappa shape index (κ2) is 8.15. The highest BCUT2D eigenvalue weighted by molar-refractivity contribution is 5.99. The lowest BCUT2D eigenvalue weighted by Crippen LogP contribution is -2.18. The highest BCUT2D eigenvalue weighted by Crippen LogP contribution is 2.02. The maximum absolute atomic E-state index is 7.64. The molecule has 0 unspecified atom stereocenters. The van der Waals surface area contributed by atoms with Gasteiger partial charge in [0, 0.05) is 13.2 Å². The van der Waals surface area contributed by atoms with Crippen molar-refractivity contribution in [2.75, 3.05) is 20.2 Å². The number of nitrogens with one attached hydrogen (secondary N) is 2. The zero-order valence-corrected chi connectivity index (χ0v) is 9.67. The molecule has 1 rings (SSSR count). The molecular formula is C12H20N2O. The normalized spacial score (nSPS) is 9.07. The maximum Gasteiger partial charge on any atom is 0.0524 e. The molecule has 0 amide bonds. The van der Waals surface area contributed by atoms with E-state index < -0.39 is 0 Å². The van der Waals surface area contributed by atoms with Gasteiger partial charge in [0.25, 0.3) is 0 Å². The molecule has 15 heavy (non-hydrogen) atoms. The highest BCUT2D eigenvalue weighted by atomic mass is 16.2. The van der Waals surface area contributed by atoms with Crippen LogP contribution in [0.15, 0.2) is 24.3 Å². The average Bonchev–Trinajstić information content (AvgIpc) is 2.20. The van der Waals surface area contributed by atoms with Crippen LogP contribution in [-0.2, 0) is 0 Å². The quantitative estimate of drug-likeness (QED) is 0.661. The Morgan fingerprint density at radius 3 is 2.20 bits per heavy atom. The van der Waals surface area contributed by atoms with Crippen LogP contribution in [0.5, 0.6) is 0 Å². The van der Waals surface area contributed by atoms with Gasteiger partial charge in [-0.05, 0) is 26.5 Å². The minimum Gasteiger partial charge on any atom is -0.397 e. The van der Waals surface area contributed by atoms with Crippen molar-refractivity contribution < 1.29 is 5.11 Å². The predicted octanol–water partition coefficient (Wildman–Crippen LogP) is 1.58. The van der Waals surface area contributed by atoms with Gasteiger partial charge in [-0.3, -0.25) is 0 Å². The Morgan fingerprint density at radius 1 is 1.33 bits per heavy atom. The first-order valence-electron chi connectivity index (χ1n) is 5.05. The van der Waals surface area contributed by atoms with Gasteiger partial charge in [0.15, 0.2) is 0 Å². The van der Waals surface area contributed by atoms with Crippen LogP contribution in [0.25, 0.3) is 0 Å². The van der Waals surface area contributed by atoms with E-state index >= 15 is 0 Å². The molecule has 1 aromatic carbocycles. The number of aliphatic hydroxyl groups excluding tert-OH is 1. The zero-order valence-electron chi connectivity index (χ0n) is 9.67. The third-order valence-electron chi connectivity index (χ3n) is 1.75. The van der Waals surface area contributed by atoms with E-state index in [4.69, 9.17) is 10.5 Å². The molecular weight excluding hydrogens is 188 g/mol. The van der Waals surface area contributed by atoms with Crippen molar-refractivity contribution in [2.45, 2.75) is 13.8 Å². The summed E-state index contributed by atoms with van der Waals surface area (Å²) in [6, 6.07) is 8.02. The zero-order chi connectivity index (χ0) is 11.7. The Balaban J connectivity index is 0.000000583. The molecule has 0 saturated carbocycles. The Labute approximate surface area is 91.7 Å². The number of rotatable bonds is 3. The number of hydrogen-bond donors (Lipinski definition) is 3. The first-order valence-corrected chi connectivity index (χ1v) is 5.05. The highest BCUT2D eigenvalue weighted by Gasteiger charge is 1.97. The molecule has 84 valence electrons. The molecule has 0 spiro atoms. The van der Waals surface area contributed by atoms with Gasteiger partial charge in [0.05, 0.1) is 5.71 Å². The van der Waals surface area contributed by atoms with E-state index in [1.54, 1.807) is 6.92 Å². The molecule has 0 atom stereocenters. The number of aryl methyl sites for hydroxylation is 1. The fraction of sp³-hybridized carbons (Fsp3) is 0.417. The molecule has 3 heteroatoms. The lowest BCUT2D eigenvalue weighted by Gasteiger charge is -2.02. The second-order valence-electron chi connectivity index (χ2n) is 3.19. The van der Waals surface area contributed by atoms with Crippen LogP contribution in [0.4, 0.5) is 0 Å². The summed E-state index contributed by atoms with van der Waals surface area (Å²) in [5.74, 6) is 0. The molecule has 0 aromatic heterocycles. The third kappa shape index (κ3) is 5.99. The molecule has 0 aliphatic heterocycles. The number of likely N-dealkylation sites (N-methyl/N-ethyl adjacent to an activating group) is 1. The molecule has 0 radical (unpaired) electrons. The average molecular weight is 208 g/mol. The summed E-state index contributed by atoms with van der Waals surface area (Å²) in [5, 5.41) is 18.2. The van der Waals surface area contributed by atoms with Crippen molar-refractivity contribution in [3.05, 3.63) is 35.4 Å². The van der Waals surface area contributed by atoms with Crippen molar-refractivity contribution in [1.29, 1.82) is 5.41 Å². The summed E-state index contributed by atoms with van der Waals surface area (Å²) in [7, 11) is 1.85. The van der Waals surface area contributed by atoms with E-state index in [0.29, 0.717) is 12.3 Å². The minimum absolute atomic E-state index is 0.250. The molecule has 0 aliphatic rings. The van der Waals surface area contributed by atoms with E-state index in [9.17, 15) is 0 Å². The third-order valence-corrected chi connectivity index (χ3v) is 1.75. The van der Waals surface area contributed by atoms with Crippen molar-refractivity contribution in [3.8, 4) is 0 Å². The fourth-order valence-corrected chi connectivity index (χ4v) is 1.03. The Bertz CT molecular complexity index is 280. The van der Waals surface area contributed by atoms with Gasteiger partial charge >= 0.3 is 0 Å². The van der Waals surface area contributed by atoms with Gasteiger partial charge in [0.2, 0.25) is 0 Å². The Kier molecular flexibility index (Phi) is 7.50. The van der Waals surface area contributed by atoms with E-state index in [0.717, 1.165) is 5.56 Å². The van der Waals surface area contributed by atoms with E-state index in [2.05, 4.69) is 5.32 Å². The summed E-state index contributed by atoms with van der Waals surface area (Å²) in [6.45, 7) is 4.61. The molecule has 0 saturated heterocycles. The van der Waals surface area contributed by atoms with Gasteiger partial charge in [-0.15, -0.1) is 0 Å². The maximum atomic E-state index is 7.64. The second-order valence-corrected chi connectivity index (χ2v) is 3.19. The van der Waals surface area contributed by atoms with E-state index in [-0.39, 0.29) is 6.61 Å². The minimum atomic E-state index is 0.250. The lowest BCUT2D eigenvalue weighted by molar-refractivity contribution is 0.318. The van der Waals surface area contributed by atoms with Crippen LogP contribution in [0.3, 0.4) is 0 Å². The van der Waals surface area contributed by atoms with Crippen LogP contribution < -0.4 is 5.32 Å². The van der Waals surface area contributed by atoms with Crippen molar-refractivity contribution >= 4 is 5.71 Å². The molecule has 1 aromatic rings. The summed E-state index contributed by atoms with van der Waals surface area (Å²) in [6.07, 6.45) is 0. The number of aliphatic hydroxyl groups is 1. The summed E-state index contributed by atoms with van der Waals surface area (Å²) >= 11 is 0. The first-order chi connectivity index (χ1) is 7.15. The number of benzene rings is 1. The van der Waals surface area contributed by atoms with Crippen molar-refractivity contribution in [1.82, 2.24) is 5.32 Å². The van der Waals surface area contributed by atoms with Crippen molar-refractivity contribution in [3.63, 3.8) is 0 Å². The van der Waals surface area contributed by atoms with Gasteiger partial charge < -0.3 is 15.8 Å². The molecule has 0 fully saturated rings. The lowest BCUT2D eigenvalue weighted by atomic mass is 10.1. The SMILES string of the molecule is CCO.CNCC(=N)c1ccc(C)cc1. The predicted molar refractivity (Wildman–Crippen MR) is 64.7 cm³/mol. The van der Waals surface area contributed by atoms with Gasteiger partial charge in [-0.2, -0.15) is 0 Å². The van der Waals surface area contributed by atoms with Gasteiger partial charge in [-0.1, -0.05) is 29.8 Å². The van der Waals surface area contributed by atoms with E-state index in [1.807, 2.05) is 38.2 Å². The number of hydrogen-bond acceptors (Lipinski definition) is 3. The smallest absolute Gasteiger partial charge is 0.0524 e. The van der Waals surface area contributed by atoms with Crippen LogP contribution in [0.2, 0.25) is 0 Å². The topological polar surface area (TPSA) is 56.1 Å². The summed E-state index contributed by atoms with van der Waals surface area (Å²) in [5.41, 5.74) is 2.86. The molecule has 3 nitrogen and oxygen atoms in total. The van der Waals surface area contributed by atoms with Crippen LogP contribution >= 0.6 is 0 Å². The van der Waals surface area contributed by atoms with Crippen LogP contribution in [0.1, 0.15) is 18.1 Å². The molecule has 3 N–H and O–H groups in total. The van der Waals surface area contributed by atoms with Crippen LogP contribution in [-0.4, -0.2) is 31.0 Å². The van der Waals surface area contributed by atoms with Gasteiger partial charge in [-0.25, -0.2) is 0 Å². The standard InChI is InChI=1S/C10H14N2.C2H6O/c1-8-3-5-9(6-4-8)10(11)7-12-2;1-2-3/h3-6,11-12H,7H2,1-2H3;3H,2H2,1H3. The monoisotopic (exact) mass is 208 g/mol. The fourth-order valence-electron chi connectivity index (χ4n) is 1.03. The summed E-state index contributed by atoms with van der Waals surface area (Å²) in [4.78, 5) is 0. The van der Waals surface area contributed by atoms with E-state index in [1.165, 1.54) is 5.56 Å². The molecule has 0 bridgehead atoms.